The average molecular weight is 284 g/mol. The number of halogens is 1. The lowest BCUT2D eigenvalue weighted by atomic mass is 10.1. The molecule has 1 aromatic rings. The molecule has 1 heterocycles. The third-order valence-corrected chi connectivity index (χ3v) is 3.73. The number of ether oxygens (including phenoxy) is 1. The second-order valence-corrected chi connectivity index (χ2v) is 5.00. The molecule has 0 saturated carbocycles. The van der Waals surface area contributed by atoms with E-state index in [0.29, 0.717) is 10.6 Å². The van der Waals surface area contributed by atoms with E-state index in [2.05, 4.69) is 10.1 Å². The molecule has 1 atom stereocenters. The van der Waals surface area contributed by atoms with Crippen LogP contribution in [0.5, 0.6) is 0 Å². The summed E-state index contributed by atoms with van der Waals surface area (Å²) in [4.78, 5) is 2.24. The summed E-state index contributed by atoms with van der Waals surface area (Å²) >= 11 is 6.16. The van der Waals surface area contributed by atoms with Crippen LogP contribution in [0.4, 0.5) is 5.69 Å². The first-order chi connectivity index (χ1) is 9.15. The summed E-state index contributed by atoms with van der Waals surface area (Å²) in [5, 5.41) is 12.1. The smallest absolute Gasteiger partial charge is 0.171 e. The maximum Gasteiger partial charge on any atom is 0.171 e. The van der Waals surface area contributed by atoms with Gasteiger partial charge in [0.25, 0.3) is 0 Å². The fraction of sp³-hybridized carbons (Fsp3) is 0.462. The van der Waals surface area contributed by atoms with Gasteiger partial charge in [-0.25, -0.2) is 0 Å². The van der Waals surface area contributed by atoms with Gasteiger partial charge in [0.15, 0.2) is 5.84 Å². The molecule has 19 heavy (non-hydrogen) atoms. The third kappa shape index (κ3) is 3.11. The Morgan fingerprint density at radius 2 is 2.37 bits per heavy atom. The van der Waals surface area contributed by atoms with Crippen molar-refractivity contribution in [2.24, 2.45) is 10.9 Å². The fourth-order valence-electron chi connectivity index (χ4n) is 2.33. The van der Waals surface area contributed by atoms with Gasteiger partial charge in [0.1, 0.15) is 0 Å². The van der Waals surface area contributed by atoms with Gasteiger partial charge in [-0.15, -0.1) is 0 Å². The number of nitrogens with two attached hydrogens (primary N) is 1. The Balaban J connectivity index is 2.20. The molecule has 1 fully saturated rings. The summed E-state index contributed by atoms with van der Waals surface area (Å²) in [6.07, 6.45) is 2.44. The summed E-state index contributed by atoms with van der Waals surface area (Å²) in [6.45, 7) is 1.84. The zero-order valence-corrected chi connectivity index (χ0v) is 11.6. The predicted molar refractivity (Wildman–Crippen MR) is 76.2 cm³/mol. The van der Waals surface area contributed by atoms with Crippen LogP contribution < -0.4 is 10.6 Å². The van der Waals surface area contributed by atoms with E-state index in [1.807, 2.05) is 12.1 Å². The van der Waals surface area contributed by atoms with E-state index in [9.17, 15) is 0 Å². The molecule has 104 valence electrons. The molecule has 1 aliphatic rings. The van der Waals surface area contributed by atoms with Crippen LogP contribution in [0.15, 0.2) is 23.4 Å². The van der Waals surface area contributed by atoms with Crippen LogP contribution in [0.1, 0.15) is 18.4 Å². The minimum atomic E-state index is 0.0185. The van der Waals surface area contributed by atoms with E-state index in [0.717, 1.165) is 31.6 Å². The minimum Gasteiger partial charge on any atom is -0.409 e. The number of amidine groups is 1. The van der Waals surface area contributed by atoms with Crippen LogP contribution in [0, 0.1) is 0 Å². The van der Waals surface area contributed by atoms with Crippen molar-refractivity contribution in [1.29, 1.82) is 0 Å². The van der Waals surface area contributed by atoms with Crippen LogP contribution >= 0.6 is 11.6 Å². The molecule has 1 saturated heterocycles. The van der Waals surface area contributed by atoms with Crippen molar-refractivity contribution in [2.45, 2.75) is 18.9 Å². The lowest BCUT2D eigenvalue weighted by Gasteiger charge is -2.33. The Morgan fingerprint density at radius 1 is 1.58 bits per heavy atom. The Hall–Kier alpha value is -1.46. The van der Waals surface area contributed by atoms with E-state index < -0.39 is 0 Å². The third-order valence-electron chi connectivity index (χ3n) is 3.41. The zero-order valence-electron chi connectivity index (χ0n) is 10.8. The van der Waals surface area contributed by atoms with Crippen molar-refractivity contribution in [3.8, 4) is 0 Å². The zero-order chi connectivity index (χ0) is 13.8. The van der Waals surface area contributed by atoms with Gasteiger partial charge < -0.3 is 20.6 Å². The van der Waals surface area contributed by atoms with Crippen molar-refractivity contribution in [1.82, 2.24) is 0 Å². The van der Waals surface area contributed by atoms with Crippen LogP contribution in [-0.4, -0.2) is 37.3 Å². The van der Waals surface area contributed by atoms with Crippen molar-refractivity contribution in [3.05, 3.63) is 28.8 Å². The van der Waals surface area contributed by atoms with Gasteiger partial charge in [-0.05, 0) is 31.0 Å². The van der Waals surface area contributed by atoms with Crippen LogP contribution in [-0.2, 0) is 4.74 Å². The summed E-state index contributed by atoms with van der Waals surface area (Å²) < 4.78 is 5.41. The maximum absolute atomic E-state index is 8.67. The fourth-order valence-corrected chi connectivity index (χ4v) is 2.60. The molecule has 0 bridgehead atoms. The lowest BCUT2D eigenvalue weighted by molar-refractivity contribution is 0.0893. The standard InChI is InChI=1S/C13H18ClN3O2/c1-19-10-3-2-6-17(8-10)9-4-5-11(12(14)7-9)13(15)16-18/h4-5,7,10,18H,2-3,6,8H2,1H3,(H2,15,16). The Bertz CT molecular complexity index is 479. The Labute approximate surface area is 117 Å². The van der Waals surface area contributed by atoms with E-state index in [1.165, 1.54) is 0 Å². The molecular formula is C13H18ClN3O2. The molecule has 2 rings (SSSR count). The molecule has 1 aliphatic heterocycles. The second-order valence-electron chi connectivity index (χ2n) is 4.60. The number of oxime groups is 1. The van der Waals surface area contributed by atoms with Crippen LogP contribution in [0.25, 0.3) is 0 Å². The normalized spacial score (nSPS) is 20.6. The highest BCUT2D eigenvalue weighted by Crippen LogP contribution is 2.26. The van der Waals surface area contributed by atoms with Crippen molar-refractivity contribution in [3.63, 3.8) is 0 Å². The Kier molecular flexibility index (Phi) is 4.50. The molecule has 0 amide bonds. The summed E-state index contributed by atoms with van der Waals surface area (Å²) in [7, 11) is 1.74. The first kappa shape index (κ1) is 14.0. The molecular weight excluding hydrogens is 266 g/mol. The van der Waals surface area contributed by atoms with E-state index in [-0.39, 0.29) is 11.9 Å². The largest absolute Gasteiger partial charge is 0.409 e. The molecule has 0 spiro atoms. The number of anilines is 1. The highest BCUT2D eigenvalue weighted by molar-refractivity contribution is 6.34. The van der Waals surface area contributed by atoms with Gasteiger partial charge in [0, 0.05) is 31.5 Å². The highest BCUT2D eigenvalue weighted by atomic mass is 35.5. The number of nitrogens with zero attached hydrogens (tertiary/aromatic N) is 2. The van der Waals surface area contributed by atoms with Crippen LogP contribution in [0.2, 0.25) is 5.02 Å². The van der Waals surface area contributed by atoms with Gasteiger partial charge in [-0.3, -0.25) is 0 Å². The number of hydrogen-bond donors (Lipinski definition) is 2. The molecule has 6 heteroatoms. The van der Waals surface area contributed by atoms with Crippen LogP contribution in [0.3, 0.4) is 0 Å². The molecule has 1 aromatic carbocycles. The first-order valence-corrected chi connectivity index (χ1v) is 6.58. The molecule has 0 radical (unpaired) electrons. The number of rotatable bonds is 3. The highest BCUT2D eigenvalue weighted by Gasteiger charge is 2.20. The average Bonchev–Trinajstić information content (AvgIpc) is 2.46. The number of benzene rings is 1. The molecule has 3 N–H and O–H groups in total. The van der Waals surface area contributed by atoms with E-state index >= 15 is 0 Å². The van der Waals surface area contributed by atoms with Gasteiger partial charge >= 0.3 is 0 Å². The van der Waals surface area contributed by atoms with Crippen molar-refractivity contribution < 1.29 is 9.94 Å². The van der Waals surface area contributed by atoms with Gasteiger partial charge in [0.2, 0.25) is 0 Å². The Morgan fingerprint density at radius 3 is 3.00 bits per heavy atom. The van der Waals surface area contributed by atoms with Crippen molar-refractivity contribution >= 4 is 23.1 Å². The SMILES string of the molecule is COC1CCCN(c2ccc(/C(N)=N/O)c(Cl)c2)C1. The monoisotopic (exact) mass is 283 g/mol. The van der Waals surface area contributed by atoms with Gasteiger partial charge in [0.05, 0.1) is 11.1 Å². The lowest BCUT2D eigenvalue weighted by Crippen LogP contribution is -2.39. The molecule has 0 aromatic heterocycles. The quantitative estimate of drug-likeness (QED) is 0.385. The topological polar surface area (TPSA) is 71.1 Å². The van der Waals surface area contributed by atoms with E-state index in [4.69, 9.17) is 27.3 Å². The minimum absolute atomic E-state index is 0.0185. The molecule has 1 unspecified atom stereocenters. The first-order valence-electron chi connectivity index (χ1n) is 6.21. The summed E-state index contributed by atoms with van der Waals surface area (Å²) in [5.74, 6) is 0.0185. The van der Waals surface area contributed by atoms with Gasteiger partial charge in [-0.1, -0.05) is 16.8 Å². The molecule has 0 aliphatic carbocycles. The maximum atomic E-state index is 8.67. The number of hydrogen-bond acceptors (Lipinski definition) is 4. The van der Waals surface area contributed by atoms with Crippen molar-refractivity contribution in [2.75, 3.05) is 25.1 Å². The summed E-state index contributed by atoms with van der Waals surface area (Å²) in [6, 6.07) is 5.54. The van der Waals surface area contributed by atoms with Gasteiger partial charge in [-0.2, -0.15) is 0 Å². The molecule has 5 nitrogen and oxygen atoms in total. The second kappa shape index (κ2) is 6.12. The predicted octanol–water partition coefficient (Wildman–Crippen LogP) is 2.05. The number of methoxy groups -OCH3 is 1. The number of piperidine rings is 1. The van der Waals surface area contributed by atoms with E-state index in [1.54, 1.807) is 13.2 Å². The summed E-state index contributed by atoms with van der Waals surface area (Å²) in [5.41, 5.74) is 7.11.